The highest BCUT2D eigenvalue weighted by Crippen LogP contribution is 2.29. The van der Waals surface area contributed by atoms with Gasteiger partial charge < -0.3 is 5.32 Å². The van der Waals surface area contributed by atoms with E-state index in [0.717, 1.165) is 22.1 Å². The maximum absolute atomic E-state index is 12.1. The molecular weight excluding hydrogens is 386 g/mol. The molecule has 1 heterocycles. The standard InChI is InChI=1S/C18H19N3O2S3/c1-21(2)26(22,23)16-9-7-13(8-10-16)17-12-25-18(20-17)19-14-5-4-6-15(11-14)24-3/h4-12H,1-3H3,(H,19,20). The Morgan fingerprint density at radius 1 is 1.12 bits per heavy atom. The van der Waals surface area contributed by atoms with Gasteiger partial charge in [-0.1, -0.05) is 18.2 Å². The van der Waals surface area contributed by atoms with E-state index in [4.69, 9.17) is 0 Å². The van der Waals surface area contributed by atoms with E-state index in [1.54, 1.807) is 36.0 Å². The number of hydrogen-bond donors (Lipinski definition) is 1. The summed E-state index contributed by atoms with van der Waals surface area (Å²) in [5.41, 5.74) is 2.68. The Kier molecular flexibility index (Phi) is 5.67. The lowest BCUT2D eigenvalue weighted by molar-refractivity contribution is 0.521. The zero-order chi connectivity index (χ0) is 18.7. The monoisotopic (exact) mass is 405 g/mol. The molecule has 0 amide bonds. The lowest BCUT2D eigenvalue weighted by atomic mass is 10.2. The molecule has 0 spiro atoms. The van der Waals surface area contributed by atoms with Crippen LogP contribution in [-0.4, -0.2) is 38.1 Å². The minimum Gasteiger partial charge on any atom is -0.332 e. The Morgan fingerprint density at radius 2 is 1.85 bits per heavy atom. The van der Waals surface area contributed by atoms with E-state index in [9.17, 15) is 8.42 Å². The molecule has 26 heavy (non-hydrogen) atoms. The Bertz CT molecular complexity index is 997. The highest BCUT2D eigenvalue weighted by molar-refractivity contribution is 7.98. The van der Waals surface area contributed by atoms with Gasteiger partial charge in [-0.3, -0.25) is 0 Å². The number of rotatable bonds is 6. The molecule has 5 nitrogen and oxygen atoms in total. The molecule has 136 valence electrons. The van der Waals surface area contributed by atoms with E-state index >= 15 is 0 Å². The van der Waals surface area contributed by atoms with Crippen LogP contribution >= 0.6 is 23.1 Å². The predicted octanol–water partition coefficient (Wildman–Crippen LogP) is 4.53. The number of sulfonamides is 1. The lowest BCUT2D eigenvalue weighted by Gasteiger charge is -2.11. The molecular formula is C18H19N3O2S3. The molecule has 0 unspecified atom stereocenters. The number of nitrogens with zero attached hydrogens (tertiary/aromatic N) is 2. The van der Waals surface area contributed by atoms with E-state index in [2.05, 4.69) is 22.4 Å². The average molecular weight is 406 g/mol. The number of anilines is 2. The zero-order valence-corrected chi connectivity index (χ0v) is 17.1. The van der Waals surface area contributed by atoms with Crippen LogP contribution in [0.4, 0.5) is 10.8 Å². The highest BCUT2D eigenvalue weighted by atomic mass is 32.2. The second kappa shape index (κ2) is 7.79. The second-order valence-electron chi connectivity index (χ2n) is 5.71. The largest absolute Gasteiger partial charge is 0.332 e. The fourth-order valence-corrected chi connectivity index (χ4v) is 4.40. The number of aromatic nitrogens is 1. The van der Waals surface area contributed by atoms with Crippen molar-refractivity contribution >= 4 is 43.9 Å². The minimum atomic E-state index is -3.42. The van der Waals surface area contributed by atoms with Crippen molar-refractivity contribution in [1.82, 2.24) is 9.29 Å². The third-order valence-electron chi connectivity index (χ3n) is 3.75. The van der Waals surface area contributed by atoms with Crippen LogP contribution in [-0.2, 0) is 10.0 Å². The minimum absolute atomic E-state index is 0.272. The molecule has 0 aliphatic carbocycles. The number of nitrogens with one attached hydrogen (secondary N) is 1. The van der Waals surface area contributed by atoms with Gasteiger partial charge in [0.1, 0.15) is 0 Å². The summed E-state index contributed by atoms with van der Waals surface area (Å²) in [5, 5.41) is 6.06. The third kappa shape index (κ3) is 4.09. The summed E-state index contributed by atoms with van der Waals surface area (Å²) < 4.78 is 25.5. The predicted molar refractivity (Wildman–Crippen MR) is 110 cm³/mol. The molecule has 1 N–H and O–H groups in total. The molecule has 3 aromatic rings. The van der Waals surface area contributed by atoms with Gasteiger partial charge in [0, 0.05) is 35.6 Å². The first-order valence-electron chi connectivity index (χ1n) is 7.80. The third-order valence-corrected chi connectivity index (χ3v) is 7.07. The molecule has 0 bridgehead atoms. The van der Waals surface area contributed by atoms with Gasteiger partial charge in [-0.15, -0.1) is 23.1 Å². The maximum atomic E-state index is 12.1. The molecule has 8 heteroatoms. The summed E-state index contributed by atoms with van der Waals surface area (Å²) in [6.45, 7) is 0. The molecule has 0 saturated heterocycles. The quantitative estimate of drug-likeness (QED) is 0.611. The molecule has 2 aromatic carbocycles. The van der Waals surface area contributed by atoms with Gasteiger partial charge in [0.25, 0.3) is 0 Å². The SMILES string of the molecule is CSc1cccc(Nc2nc(-c3ccc(S(=O)(=O)N(C)C)cc3)cs2)c1. The maximum Gasteiger partial charge on any atom is 0.242 e. The summed E-state index contributed by atoms with van der Waals surface area (Å²) in [4.78, 5) is 6.06. The molecule has 0 radical (unpaired) electrons. The van der Waals surface area contributed by atoms with Gasteiger partial charge in [-0.25, -0.2) is 17.7 Å². The van der Waals surface area contributed by atoms with Crippen molar-refractivity contribution in [2.75, 3.05) is 25.7 Å². The van der Waals surface area contributed by atoms with Crippen molar-refractivity contribution in [3.63, 3.8) is 0 Å². The van der Waals surface area contributed by atoms with Gasteiger partial charge in [-0.2, -0.15) is 0 Å². The number of thiazole rings is 1. The number of hydrogen-bond acceptors (Lipinski definition) is 6. The van der Waals surface area contributed by atoms with Crippen molar-refractivity contribution in [2.45, 2.75) is 9.79 Å². The summed E-state index contributed by atoms with van der Waals surface area (Å²) in [6, 6.07) is 14.9. The van der Waals surface area contributed by atoms with E-state index in [0.29, 0.717) is 0 Å². The van der Waals surface area contributed by atoms with Crippen LogP contribution in [0.5, 0.6) is 0 Å². The van der Waals surface area contributed by atoms with Crippen molar-refractivity contribution in [1.29, 1.82) is 0 Å². The van der Waals surface area contributed by atoms with Crippen LogP contribution in [0.15, 0.2) is 63.7 Å². The normalized spacial score (nSPS) is 11.7. The fraction of sp³-hybridized carbons (Fsp3) is 0.167. The fourth-order valence-electron chi connectivity index (χ4n) is 2.30. The highest BCUT2D eigenvalue weighted by Gasteiger charge is 2.17. The van der Waals surface area contributed by atoms with Crippen molar-refractivity contribution in [2.24, 2.45) is 0 Å². The van der Waals surface area contributed by atoms with Crippen LogP contribution in [0.25, 0.3) is 11.3 Å². The van der Waals surface area contributed by atoms with E-state index in [1.807, 2.05) is 23.8 Å². The first-order chi connectivity index (χ1) is 12.4. The Labute approximate surface area is 162 Å². The summed E-state index contributed by atoms with van der Waals surface area (Å²) in [7, 11) is -0.374. The Balaban J connectivity index is 1.79. The first kappa shape index (κ1) is 18.9. The van der Waals surface area contributed by atoms with Gasteiger partial charge in [0.05, 0.1) is 10.6 Å². The second-order valence-corrected chi connectivity index (χ2v) is 9.60. The van der Waals surface area contributed by atoms with Gasteiger partial charge in [0.15, 0.2) is 5.13 Å². The van der Waals surface area contributed by atoms with Crippen LogP contribution < -0.4 is 5.32 Å². The molecule has 0 saturated carbocycles. The molecule has 0 aliphatic rings. The van der Waals surface area contributed by atoms with Crippen molar-refractivity contribution < 1.29 is 8.42 Å². The average Bonchev–Trinajstić information content (AvgIpc) is 3.10. The van der Waals surface area contributed by atoms with Gasteiger partial charge >= 0.3 is 0 Å². The molecule has 0 aliphatic heterocycles. The Hall–Kier alpha value is -1.87. The number of benzene rings is 2. The zero-order valence-electron chi connectivity index (χ0n) is 14.6. The van der Waals surface area contributed by atoms with E-state index in [-0.39, 0.29) is 4.90 Å². The van der Waals surface area contributed by atoms with Gasteiger partial charge in [-0.05, 0) is 36.6 Å². The Morgan fingerprint density at radius 3 is 2.50 bits per heavy atom. The smallest absolute Gasteiger partial charge is 0.242 e. The summed E-state index contributed by atoms with van der Waals surface area (Å²) >= 11 is 3.20. The topological polar surface area (TPSA) is 62.3 Å². The van der Waals surface area contributed by atoms with Crippen molar-refractivity contribution in [3.05, 3.63) is 53.9 Å². The molecule has 3 rings (SSSR count). The summed E-state index contributed by atoms with van der Waals surface area (Å²) in [5.74, 6) is 0. The molecule has 0 atom stereocenters. The number of thioether (sulfide) groups is 1. The summed E-state index contributed by atoms with van der Waals surface area (Å²) in [6.07, 6.45) is 2.04. The molecule has 1 aromatic heterocycles. The lowest BCUT2D eigenvalue weighted by Crippen LogP contribution is -2.22. The van der Waals surface area contributed by atoms with E-state index in [1.165, 1.54) is 34.6 Å². The van der Waals surface area contributed by atoms with Crippen molar-refractivity contribution in [3.8, 4) is 11.3 Å². The van der Waals surface area contributed by atoms with Crippen LogP contribution in [0.2, 0.25) is 0 Å². The van der Waals surface area contributed by atoms with Gasteiger partial charge in [0.2, 0.25) is 10.0 Å². The van der Waals surface area contributed by atoms with E-state index < -0.39 is 10.0 Å². The van der Waals surface area contributed by atoms with Crippen LogP contribution in [0.3, 0.4) is 0 Å². The van der Waals surface area contributed by atoms with Crippen LogP contribution in [0.1, 0.15) is 0 Å². The first-order valence-corrected chi connectivity index (χ1v) is 11.3. The van der Waals surface area contributed by atoms with Crippen LogP contribution in [0, 0.1) is 0 Å². The molecule has 0 fully saturated rings.